The minimum absolute atomic E-state index is 0.0268. The number of nitrogens with zero attached hydrogens (tertiary/aromatic N) is 1. The van der Waals surface area contributed by atoms with Gasteiger partial charge in [-0.1, -0.05) is 24.3 Å². The summed E-state index contributed by atoms with van der Waals surface area (Å²) in [6, 6.07) is 7.84. The molecule has 2 fully saturated rings. The summed E-state index contributed by atoms with van der Waals surface area (Å²) in [5.41, 5.74) is 3.08. The van der Waals surface area contributed by atoms with Crippen LogP contribution < -0.4 is 15.2 Å². The molecule has 2 aromatic rings. The van der Waals surface area contributed by atoms with E-state index in [1.54, 1.807) is 30.3 Å². The number of aliphatic hydroxyl groups excluding tert-OH is 1. The standard InChI is InChI=1S/C29H26N2O10/c1-31(2)22-21-24(34)18-13(8-11-6-7-15-16(9-11)41-10-40-15)12-4-3-5-14(32)17(12)23(33)19(18)26(36)29(21,39)27(37)20(25(22)35)28(30)38/h3-9,18-22,24,32,34,39H,10H2,1-2H3,(H2,30,38). The van der Waals surface area contributed by atoms with E-state index in [0.717, 1.165) is 0 Å². The summed E-state index contributed by atoms with van der Waals surface area (Å²) in [5, 5.41) is 34.4. The lowest BCUT2D eigenvalue weighted by Crippen LogP contribution is -2.77. The number of Topliss-reactive ketones (excluding diaryl/α,β-unsaturated/α-hetero) is 4. The Hall–Kier alpha value is -4.39. The fourth-order valence-electron chi connectivity index (χ4n) is 6.85. The van der Waals surface area contributed by atoms with E-state index in [-0.39, 0.29) is 23.5 Å². The summed E-state index contributed by atoms with van der Waals surface area (Å²) < 4.78 is 10.8. The number of fused-ring (bicyclic) bond motifs is 4. The zero-order valence-corrected chi connectivity index (χ0v) is 21.9. The van der Waals surface area contributed by atoms with Crippen molar-refractivity contribution in [2.45, 2.75) is 17.7 Å². The fourth-order valence-corrected chi connectivity index (χ4v) is 6.85. The van der Waals surface area contributed by atoms with Crippen molar-refractivity contribution in [3.63, 3.8) is 0 Å². The normalized spacial score (nSPS) is 33.0. The van der Waals surface area contributed by atoms with Gasteiger partial charge in [0.1, 0.15) is 5.75 Å². The van der Waals surface area contributed by atoms with Crippen molar-refractivity contribution < 1.29 is 48.8 Å². The van der Waals surface area contributed by atoms with Crippen molar-refractivity contribution in [1.29, 1.82) is 0 Å². The molecule has 0 aromatic heterocycles. The maximum Gasteiger partial charge on any atom is 0.235 e. The molecule has 6 rings (SSSR count). The Bertz CT molecular complexity index is 1600. The van der Waals surface area contributed by atoms with Gasteiger partial charge in [-0.05, 0) is 49.0 Å². The number of carbonyl (C=O) groups excluding carboxylic acids is 5. The second kappa shape index (κ2) is 9.06. The first kappa shape index (κ1) is 26.8. The van der Waals surface area contributed by atoms with Crippen molar-refractivity contribution >= 4 is 40.7 Å². The van der Waals surface area contributed by atoms with Crippen LogP contribution in [0.25, 0.3) is 11.6 Å². The lowest BCUT2D eigenvalue weighted by atomic mass is 9.50. The van der Waals surface area contributed by atoms with Gasteiger partial charge in [-0.15, -0.1) is 0 Å². The maximum atomic E-state index is 14.2. The predicted molar refractivity (Wildman–Crippen MR) is 139 cm³/mol. The highest BCUT2D eigenvalue weighted by atomic mass is 16.7. The fraction of sp³-hybridized carbons (Fsp3) is 0.345. The summed E-state index contributed by atoms with van der Waals surface area (Å²) in [6.07, 6.45) is -0.189. The molecule has 0 saturated heterocycles. The van der Waals surface area contributed by atoms with Crippen LogP contribution in [0.2, 0.25) is 0 Å². The Kier molecular flexibility index (Phi) is 5.93. The number of benzene rings is 2. The number of likely N-dealkylation sites (N-methyl/N-ethyl adjacent to an activating group) is 1. The molecule has 5 N–H and O–H groups in total. The van der Waals surface area contributed by atoms with Crippen LogP contribution in [0, 0.1) is 23.7 Å². The smallest absolute Gasteiger partial charge is 0.235 e. The Morgan fingerprint density at radius 1 is 1.07 bits per heavy atom. The van der Waals surface area contributed by atoms with Gasteiger partial charge in [-0.25, -0.2) is 0 Å². The summed E-state index contributed by atoms with van der Waals surface area (Å²) in [6.45, 7) is 0.0268. The van der Waals surface area contributed by atoms with E-state index in [4.69, 9.17) is 15.2 Å². The zero-order valence-electron chi connectivity index (χ0n) is 21.9. The predicted octanol–water partition coefficient (Wildman–Crippen LogP) is -0.435. The van der Waals surface area contributed by atoms with Gasteiger partial charge in [0.25, 0.3) is 0 Å². The number of ether oxygens (including phenoxy) is 2. The molecule has 12 nitrogen and oxygen atoms in total. The Balaban J connectivity index is 1.60. The van der Waals surface area contributed by atoms with E-state index in [9.17, 15) is 39.3 Å². The van der Waals surface area contributed by atoms with Crippen molar-refractivity contribution in [2.24, 2.45) is 29.4 Å². The molecule has 4 aliphatic rings. The Morgan fingerprint density at radius 2 is 1.78 bits per heavy atom. The highest BCUT2D eigenvalue weighted by Gasteiger charge is 2.72. The molecule has 212 valence electrons. The van der Waals surface area contributed by atoms with E-state index in [1.165, 1.54) is 31.1 Å². The SMILES string of the molecule is CN(C)C1C(=O)C(C(N)=O)C(=O)C2(O)C(=O)C3C(=O)c4c(O)cccc4C(=Cc4ccc5c(c4)OCO5)C3C(O)C12. The molecule has 41 heavy (non-hydrogen) atoms. The van der Waals surface area contributed by atoms with E-state index < -0.39 is 76.2 Å². The number of nitrogens with two attached hydrogens (primary N) is 1. The lowest BCUT2D eigenvalue weighted by molar-refractivity contribution is -0.192. The highest BCUT2D eigenvalue weighted by Crippen LogP contribution is 2.54. The molecule has 0 bridgehead atoms. The number of hydrogen-bond donors (Lipinski definition) is 4. The number of rotatable bonds is 3. The molecule has 2 saturated carbocycles. The molecule has 2 aromatic carbocycles. The Morgan fingerprint density at radius 3 is 2.46 bits per heavy atom. The molecule has 7 unspecified atom stereocenters. The topological polar surface area (TPSA) is 194 Å². The van der Waals surface area contributed by atoms with Crippen LogP contribution in [0.5, 0.6) is 17.2 Å². The average molecular weight is 563 g/mol. The molecule has 0 spiro atoms. The van der Waals surface area contributed by atoms with Crippen LogP contribution in [0.15, 0.2) is 36.4 Å². The van der Waals surface area contributed by atoms with E-state index in [1.807, 2.05) is 0 Å². The van der Waals surface area contributed by atoms with Gasteiger partial charge in [0, 0.05) is 5.92 Å². The van der Waals surface area contributed by atoms with Crippen LogP contribution in [0.4, 0.5) is 0 Å². The molecule has 1 heterocycles. The summed E-state index contributed by atoms with van der Waals surface area (Å²) in [7, 11) is 2.87. The molecule has 7 atom stereocenters. The monoisotopic (exact) mass is 562 g/mol. The third-order valence-electron chi connectivity index (χ3n) is 8.59. The Labute approximate surface area is 232 Å². The number of phenolic OH excluding ortho intramolecular Hbond substituents is 1. The third kappa shape index (κ3) is 3.54. The van der Waals surface area contributed by atoms with Gasteiger partial charge in [0.15, 0.2) is 46.2 Å². The second-order valence-corrected chi connectivity index (χ2v) is 10.9. The van der Waals surface area contributed by atoms with Gasteiger partial charge >= 0.3 is 0 Å². The summed E-state index contributed by atoms with van der Waals surface area (Å²) in [4.78, 5) is 68.4. The second-order valence-electron chi connectivity index (χ2n) is 10.9. The number of aliphatic hydroxyl groups is 2. The first-order valence-corrected chi connectivity index (χ1v) is 12.9. The number of carbonyl (C=O) groups is 5. The van der Waals surface area contributed by atoms with Gasteiger partial charge in [0.2, 0.25) is 12.7 Å². The average Bonchev–Trinajstić information content (AvgIpc) is 3.38. The van der Waals surface area contributed by atoms with E-state index in [0.29, 0.717) is 17.1 Å². The van der Waals surface area contributed by atoms with Crippen molar-refractivity contribution in [3.8, 4) is 17.2 Å². The van der Waals surface area contributed by atoms with Crippen molar-refractivity contribution in [2.75, 3.05) is 20.9 Å². The van der Waals surface area contributed by atoms with Crippen LogP contribution in [-0.4, -0.2) is 87.9 Å². The van der Waals surface area contributed by atoms with Crippen LogP contribution in [0.1, 0.15) is 21.5 Å². The maximum absolute atomic E-state index is 14.2. The molecule has 1 aliphatic heterocycles. The van der Waals surface area contributed by atoms with Gasteiger partial charge < -0.3 is 30.5 Å². The number of primary amides is 1. The first-order valence-electron chi connectivity index (χ1n) is 12.9. The molecular weight excluding hydrogens is 536 g/mol. The number of amides is 1. The van der Waals surface area contributed by atoms with Gasteiger partial charge in [0.05, 0.1) is 29.5 Å². The van der Waals surface area contributed by atoms with Crippen LogP contribution >= 0.6 is 0 Å². The summed E-state index contributed by atoms with van der Waals surface area (Å²) >= 11 is 0. The third-order valence-corrected chi connectivity index (χ3v) is 8.59. The molecule has 1 amide bonds. The van der Waals surface area contributed by atoms with Gasteiger partial charge in [-0.2, -0.15) is 0 Å². The molecule has 3 aliphatic carbocycles. The van der Waals surface area contributed by atoms with Crippen LogP contribution in [-0.2, 0) is 19.2 Å². The zero-order chi connectivity index (χ0) is 29.5. The van der Waals surface area contributed by atoms with Crippen molar-refractivity contribution in [1.82, 2.24) is 4.90 Å². The number of ketones is 4. The largest absolute Gasteiger partial charge is 0.507 e. The van der Waals surface area contributed by atoms with E-state index >= 15 is 0 Å². The quantitative estimate of drug-likeness (QED) is 0.355. The number of hydrogen-bond acceptors (Lipinski definition) is 11. The minimum Gasteiger partial charge on any atom is -0.507 e. The minimum atomic E-state index is -3.08. The van der Waals surface area contributed by atoms with E-state index in [2.05, 4.69) is 0 Å². The molecule has 12 heteroatoms. The van der Waals surface area contributed by atoms with Gasteiger partial charge in [-0.3, -0.25) is 28.9 Å². The van der Waals surface area contributed by atoms with Crippen LogP contribution in [0.3, 0.4) is 0 Å². The highest BCUT2D eigenvalue weighted by molar-refractivity contribution is 6.33. The molecular formula is C29H26N2O10. The summed E-state index contributed by atoms with van der Waals surface area (Å²) in [5.74, 6) is -12.5. The number of phenols is 1. The number of aromatic hydroxyl groups is 1. The molecule has 0 radical (unpaired) electrons. The first-order chi connectivity index (χ1) is 19.4. The van der Waals surface area contributed by atoms with Crippen molar-refractivity contribution in [3.05, 3.63) is 53.1 Å². The lowest BCUT2D eigenvalue weighted by Gasteiger charge is -2.55.